The maximum absolute atomic E-state index is 13.1. The monoisotopic (exact) mass is 545 g/mol. The third-order valence-corrected chi connectivity index (χ3v) is 6.77. The number of rotatable bonds is 7. The highest BCUT2D eigenvalue weighted by Crippen LogP contribution is 2.31. The summed E-state index contributed by atoms with van der Waals surface area (Å²) in [4.78, 5) is 28.7. The first-order chi connectivity index (χ1) is 19.1. The number of aryl methyl sites for hydroxylation is 1. The van der Waals surface area contributed by atoms with Crippen molar-refractivity contribution in [3.8, 4) is 11.3 Å². The van der Waals surface area contributed by atoms with Crippen LogP contribution >= 0.6 is 0 Å². The van der Waals surface area contributed by atoms with E-state index in [0.29, 0.717) is 37.9 Å². The quantitative estimate of drug-likeness (QED) is 0.270. The van der Waals surface area contributed by atoms with Crippen molar-refractivity contribution >= 4 is 17.5 Å². The fraction of sp³-hybridized carbons (Fsp3) is 0.429. The van der Waals surface area contributed by atoms with Crippen molar-refractivity contribution in [1.29, 1.82) is 0 Å². The van der Waals surface area contributed by atoms with E-state index in [1.807, 2.05) is 45.9 Å². The first-order valence-corrected chi connectivity index (χ1v) is 13.4. The molecule has 0 bridgehead atoms. The van der Waals surface area contributed by atoms with Crippen LogP contribution in [0.4, 0.5) is 11.6 Å². The van der Waals surface area contributed by atoms with E-state index >= 15 is 0 Å². The number of amides is 1. The summed E-state index contributed by atoms with van der Waals surface area (Å²) in [5.41, 5.74) is 5.07. The molecule has 4 heterocycles. The van der Waals surface area contributed by atoms with Crippen LogP contribution in [0.15, 0.2) is 41.2 Å². The highest BCUT2D eigenvalue weighted by atomic mass is 16.5. The largest absolute Gasteiger partial charge is 0.392 e. The number of aromatic nitrogens is 6. The molecule has 1 amide bonds. The number of nitrogens with one attached hydrogen (secondary N) is 3. The molecular formula is C28H35N9O3. The van der Waals surface area contributed by atoms with Crippen LogP contribution in [0, 0.1) is 6.92 Å². The number of fused-ring (bicyclic) bond motifs is 1. The SMILES string of the molecule is Cc1[nH]ncc1Nc1nccc(-c2ccc3c(c2)CN(CC(C)O)CCC3NC(=O)c2noc(C(C)(C)C)n2)n1. The minimum atomic E-state index is -0.477. The van der Waals surface area contributed by atoms with E-state index in [4.69, 9.17) is 9.51 Å². The molecule has 0 radical (unpaired) electrons. The predicted octanol–water partition coefficient (Wildman–Crippen LogP) is 3.66. The van der Waals surface area contributed by atoms with Gasteiger partial charge in [-0.3, -0.25) is 14.8 Å². The van der Waals surface area contributed by atoms with Gasteiger partial charge in [0.1, 0.15) is 0 Å². The smallest absolute Gasteiger partial charge is 0.293 e. The van der Waals surface area contributed by atoms with Crippen LogP contribution in [0.5, 0.6) is 0 Å². The van der Waals surface area contributed by atoms with Crippen molar-refractivity contribution in [2.24, 2.45) is 0 Å². The van der Waals surface area contributed by atoms with E-state index in [9.17, 15) is 9.90 Å². The average Bonchev–Trinajstić information content (AvgIpc) is 3.52. The lowest BCUT2D eigenvalue weighted by Gasteiger charge is -2.22. The number of carbonyl (C=O) groups excluding carboxylic acids is 1. The van der Waals surface area contributed by atoms with Crippen molar-refractivity contribution in [3.63, 3.8) is 0 Å². The number of anilines is 2. The third-order valence-electron chi connectivity index (χ3n) is 6.77. The van der Waals surface area contributed by atoms with Gasteiger partial charge in [-0.05, 0) is 43.5 Å². The van der Waals surface area contributed by atoms with Crippen molar-refractivity contribution in [2.45, 2.75) is 65.1 Å². The van der Waals surface area contributed by atoms with Gasteiger partial charge in [0.25, 0.3) is 11.7 Å². The topological polar surface area (TPSA) is 158 Å². The fourth-order valence-electron chi connectivity index (χ4n) is 4.73. The lowest BCUT2D eigenvalue weighted by molar-refractivity contribution is 0.0913. The summed E-state index contributed by atoms with van der Waals surface area (Å²) in [6.07, 6.45) is 3.60. The molecule has 210 valence electrons. The van der Waals surface area contributed by atoms with Gasteiger partial charge in [-0.1, -0.05) is 38.1 Å². The zero-order chi connectivity index (χ0) is 28.4. The lowest BCUT2D eigenvalue weighted by Crippen LogP contribution is -2.33. The predicted molar refractivity (Wildman–Crippen MR) is 149 cm³/mol. The minimum Gasteiger partial charge on any atom is -0.392 e. The summed E-state index contributed by atoms with van der Waals surface area (Å²) in [5.74, 6) is 0.507. The number of carbonyl (C=O) groups is 1. The Morgan fingerprint density at radius 1 is 1.27 bits per heavy atom. The van der Waals surface area contributed by atoms with E-state index in [0.717, 1.165) is 33.8 Å². The average molecular weight is 546 g/mol. The molecule has 4 aromatic rings. The first kappa shape index (κ1) is 27.4. The number of β-amino-alcohol motifs (C(OH)–C–C–N with tert-alkyl or cyclic N) is 1. The summed E-state index contributed by atoms with van der Waals surface area (Å²) in [7, 11) is 0. The van der Waals surface area contributed by atoms with Crippen LogP contribution in [0.2, 0.25) is 0 Å². The Morgan fingerprint density at radius 2 is 2.10 bits per heavy atom. The summed E-state index contributed by atoms with van der Waals surface area (Å²) < 4.78 is 5.33. The Morgan fingerprint density at radius 3 is 2.80 bits per heavy atom. The normalized spacial score (nSPS) is 16.7. The van der Waals surface area contributed by atoms with E-state index in [2.05, 4.69) is 46.9 Å². The lowest BCUT2D eigenvalue weighted by atomic mass is 9.96. The Balaban J connectivity index is 1.43. The molecule has 12 heteroatoms. The van der Waals surface area contributed by atoms with Gasteiger partial charge in [-0.2, -0.15) is 10.1 Å². The van der Waals surface area contributed by atoms with Crippen molar-refractivity contribution in [3.05, 3.63) is 65.2 Å². The molecule has 0 saturated carbocycles. The van der Waals surface area contributed by atoms with Crippen LogP contribution in [0.3, 0.4) is 0 Å². The van der Waals surface area contributed by atoms with Crippen LogP contribution in [0.25, 0.3) is 11.3 Å². The van der Waals surface area contributed by atoms with Gasteiger partial charge in [0.15, 0.2) is 0 Å². The number of aliphatic hydroxyl groups is 1. The number of nitrogens with zero attached hydrogens (tertiary/aromatic N) is 6. The molecule has 5 rings (SSSR count). The molecule has 2 unspecified atom stereocenters. The molecule has 4 N–H and O–H groups in total. The third kappa shape index (κ3) is 6.18. The molecular weight excluding hydrogens is 510 g/mol. The molecule has 0 aliphatic carbocycles. The molecule has 0 saturated heterocycles. The van der Waals surface area contributed by atoms with E-state index in [1.165, 1.54) is 0 Å². The highest BCUT2D eigenvalue weighted by Gasteiger charge is 2.28. The summed E-state index contributed by atoms with van der Waals surface area (Å²) in [6.45, 7) is 11.4. The van der Waals surface area contributed by atoms with Gasteiger partial charge < -0.3 is 20.3 Å². The van der Waals surface area contributed by atoms with Crippen molar-refractivity contribution in [1.82, 2.24) is 40.5 Å². The maximum atomic E-state index is 13.1. The molecule has 1 aliphatic rings. The number of benzene rings is 1. The van der Waals surface area contributed by atoms with Crippen molar-refractivity contribution < 1.29 is 14.4 Å². The zero-order valence-electron chi connectivity index (χ0n) is 23.4. The van der Waals surface area contributed by atoms with Gasteiger partial charge in [0.05, 0.1) is 35.4 Å². The molecule has 12 nitrogen and oxygen atoms in total. The number of aliphatic hydroxyl groups excluding tert-OH is 1. The van der Waals surface area contributed by atoms with Gasteiger partial charge in [0.2, 0.25) is 11.8 Å². The van der Waals surface area contributed by atoms with Crippen molar-refractivity contribution in [2.75, 3.05) is 18.4 Å². The van der Waals surface area contributed by atoms with Gasteiger partial charge in [-0.25, -0.2) is 9.97 Å². The minimum absolute atomic E-state index is 0.0158. The number of aromatic amines is 1. The molecule has 0 fully saturated rings. The number of H-pyrrole nitrogens is 1. The molecule has 40 heavy (non-hydrogen) atoms. The van der Waals surface area contributed by atoms with Crippen LogP contribution in [0.1, 0.15) is 73.5 Å². The second kappa shape index (κ2) is 11.1. The zero-order valence-corrected chi connectivity index (χ0v) is 23.4. The molecule has 3 aromatic heterocycles. The Bertz CT molecular complexity index is 1490. The highest BCUT2D eigenvalue weighted by molar-refractivity contribution is 5.90. The van der Waals surface area contributed by atoms with Gasteiger partial charge in [0, 0.05) is 36.8 Å². The number of hydrogen-bond donors (Lipinski definition) is 4. The fourth-order valence-corrected chi connectivity index (χ4v) is 4.73. The summed E-state index contributed by atoms with van der Waals surface area (Å²) in [6, 6.07) is 7.73. The summed E-state index contributed by atoms with van der Waals surface area (Å²) in [5, 5.41) is 27.2. The van der Waals surface area contributed by atoms with E-state index in [-0.39, 0.29) is 23.2 Å². The second-order valence-electron chi connectivity index (χ2n) is 11.3. The summed E-state index contributed by atoms with van der Waals surface area (Å²) >= 11 is 0. The Hall–Kier alpha value is -4.16. The molecule has 1 aromatic carbocycles. The van der Waals surface area contributed by atoms with Crippen LogP contribution in [-0.2, 0) is 12.0 Å². The van der Waals surface area contributed by atoms with Gasteiger partial charge >= 0.3 is 0 Å². The Labute approximate surface area is 232 Å². The van der Waals surface area contributed by atoms with E-state index in [1.54, 1.807) is 19.3 Å². The molecule has 1 aliphatic heterocycles. The van der Waals surface area contributed by atoms with E-state index < -0.39 is 6.10 Å². The maximum Gasteiger partial charge on any atom is 0.293 e. The second-order valence-corrected chi connectivity index (χ2v) is 11.3. The standard InChI is InChI=1S/C28H35N9O3/c1-16(38)14-37-11-9-22(31-25(39)24-34-26(40-36-24)28(3,4)5)20-7-6-18(12-19(20)15-37)21-8-10-29-27(32-21)33-23-13-30-35-17(23)2/h6-8,10,12-13,16,22,38H,9,11,14-15H2,1-5H3,(H,30,35)(H,31,39)(H,29,32,33). The van der Waals surface area contributed by atoms with Crippen LogP contribution in [-0.4, -0.2) is 65.4 Å². The first-order valence-electron chi connectivity index (χ1n) is 13.4. The van der Waals surface area contributed by atoms with Crippen LogP contribution < -0.4 is 10.6 Å². The number of hydrogen-bond acceptors (Lipinski definition) is 10. The molecule has 0 spiro atoms. The Kier molecular flexibility index (Phi) is 7.63. The molecule has 2 atom stereocenters. The van der Waals surface area contributed by atoms with Gasteiger partial charge in [-0.15, -0.1) is 0 Å².